The molecule has 0 aromatic heterocycles. The summed E-state index contributed by atoms with van der Waals surface area (Å²) in [7, 11) is 2.59. The van der Waals surface area contributed by atoms with Crippen molar-refractivity contribution in [2.45, 2.75) is 5.92 Å². The van der Waals surface area contributed by atoms with E-state index in [0.717, 1.165) is 0 Å². The number of carbonyl (C=O) groups is 2. The average Bonchev–Trinajstić information content (AvgIpc) is 2.79. The van der Waals surface area contributed by atoms with E-state index in [2.05, 4.69) is 10.1 Å². The summed E-state index contributed by atoms with van der Waals surface area (Å²) >= 11 is 0. The Morgan fingerprint density at radius 2 is 2.16 bits per heavy atom. The molecule has 0 saturated carbocycles. The third kappa shape index (κ3) is 2.38. The summed E-state index contributed by atoms with van der Waals surface area (Å²) < 4.78 is 23.1. The number of halogens is 1. The zero-order chi connectivity index (χ0) is 14.0. The van der Waals surface area contributed by atoms with Crippen LogP contribution in [0.5, 0.6) is 5.75 Å². The van der Waals surface area contributed by atoms with Gasteiger partial charge in [0.05, 0.1) is 14.2 Å². The highest BCUT2D eigenvalue weighted by Crippen LogP contribution is 2.32. The monoisotopic (exact) mass is 267 g/mol. The van der Waals surface area contributed by atoms with Gasteiger partial charge >= 0.3 is 5.97 Å². The van der Waals surface area contributed by atoms with Gasteiger partial charge in [0.2, 0.25) is 5.91 Å². The van der Waals surface area contributed by atoms with Crippen molar-refractivity contribution in [3.63, 3.8) is 0 Å². The molecule has 1 saturated heterocycles. The quantitative estimate of drug-likeness (QED) is 0.651. The second-order valence-electron chi connectivity index (χ2n) is 4.25. The van der Waals surface area contributed by atoms with E-state index >= 15 is 0 Å². The molecule has 1 aromatic rings. The van der Waals surface area contributed by atoms with Crippen molar-refractivity contribution in [1.82, 2.24) is 5.32 Å². The molecule has 1 heterocycles. The van der Waals surface area contributed by atoms with Crippen LogP contribution in [0.15, 0.2) is 18.2 Å². The third-order valence-corrected chi connectivity index (χ3v) is 3.24. The van der Waals surface area contributed by atoms with E-state index in [9.17, 15) is 14.0 Å². The van der Waals surface area contributed by atoms with E-state index in [4.69, 9.17) is 4.74 Å². The molecule has 2 rings (SSSR count). The number of benzene rings is 1. The average molecular weight is 267 g/mol. The lowest BCUT2D eigenvalue weighted by molar-refractivity contribution is -0.149. The van der Waals surface area contributed by atoms with E-state index in [1.165, 1.54) is 26.4 Å². The van der Waals surface area contributed by atoms with Gasteiger partial charge < -0.3 is 14.8 Å². The summed E-state index contributed by atoms with van der Waals surface area (Å²) in [5.41, 5.74) is 0.562. The van der Waals surface area contributed by atoms with Gasteiger partial charge in [-0.25, -0.2) is 4.39 Å². The van der Waals surface area contributed by atoms with Crippen LogP contribution < -0.4 is 10.1 Å². The summed E-state index contributed by atoms with van der Waals surface area (Å²) in [6.45, 7) is 0.282. The molecule has 1 aliphatic rings. The van der Waals surface area contributed by atoms with Crippen LogP contribution in [0.1, 0.15) is 11.5 Å². The molecule has 1 aromatic carbocycles. The first kappa shape index (κ1) is 13.3. The van der Waals surface area contributed by atoms with Crippen LogP contribution in [0.4, 0.5) is 4.39 Å². The number of rotatable bonds is 3. The fraction of sp³-hybridized carbons (Fsp3) is 0.385. The number of carbonyl (C=O) groups excluding carboxylic acids is 2. The van der Waals surface area contributed by atoms with Gasteiger partial charge in [-0.3, -0.25) is 9.59 Å². The lowest BCUT2D eigenvalue weighted by atomic mass is 9.88. The highest BCUT2D eigenvalue weighted by atomic mass is 19.1. The molecular formula is C13H14FNO4. The van der Waals surface area contributed by atoms with Crippen molar-refractivity contribution < 1.29 is 23.5 Å². The predicted octanol–water partition coefficient (Wildman–Crippen LogP) is 0.837. The normalized spacial score (nSPS) is 21.9. The lowest BCUT2D eigenvalue weighted by Crippen LogP contribution is -2.28. The number of ether oxygens (including phenoxy) is 2. The Labute approximate surface area is 109 Å². The third-order valence-electron chi connectivity index (χ3n) is 3.24. The Hall–Kier alpha value is -2.11. The van der Waals surface area contributed by atoms with Gasteiger partial charge in [-0.15, -0.1) is 0 Å². The molecule has 19 heavy (non-hydrogen) atoms. The number of esters is 1. The maximum Gasteiger partial charge on any atom is 0.318 e. The SMILES string of the molecule is COC(=O)[C@@H]1C(=O)NC[C@H]1c1ccc(OC)c(F)c1. The van der Waals surface area contributed by atoms with Crippen molar-refractivity contribution in [2.24, 2.45) is 5.92 Å². The number of hydrogen-bond donors (Lipinski definition) is 1. The molecule has 0 spiro atoms. The first-order chi connectivity index (χ1) is 9.08. The van der Waals surface area contributed by atoms with Crippen LogP contribution >= 0.6 is 0 Å². The number of hydrogen-bond acceptors (Lipinski definition) is 4. The molecule has 0 aliphatic carbocycles. The second kappa shape index (κ2) is 5.26. The Morgan fingerprint density at radius 1 is 1.42 bits per heavy atom. The zero-order valence-electron chi connectivity index (χ0n) is 10.6. The summed E-state index contributed by atoms with van der Waals surface area (Å²) in [5, 5.41) is 2.59. The maximum atomic E-state index is 13.7. The van der Waals surface area contributed by atoms with E-state index in [1.54, 1.807) is 6.07 Å². The highest BCUT2D eigenvalue weighted by molar-refractivity contribution is 6.00. The molecule has 1 amide bonds. The maximum absolute atomic E-state index is 13.7. The lowest BCUT2D eigenvalue weighted by Gasteiger charge is -2.15. The molecular weight excluding hydrogens is 253 g/mol. The van der Waals surface area contributed by atoms with E-state index < -0.39 is 29.5 Å². The minimum Gasteiger partial charge on any atom is -0.494 e. The fourth-order valence-electron chi connectivity index (χ4n) is 2.24. The predicted molar refractivity (Wildman–Crippen MR) is 64.2 cm³/mol. The van der Waals surface area contributed by atoms with Crippen LogP contribution in [0.25, 0.3) is 0 Å². The van der Waals surface area contributed by atoms with Crippen LogP contribution in [0, 0.1) is 11.7 Å². The molecule has 1 N–H and O–H groups in total. The largest absolute Gasteiger partial charge is 0.494 e. The summed E-state index contributed by atoms with van der Waals surface area (Å²) in [6, 6.07) is 4.39. The molecule has 2 atom stereocenters. The minimum atomic E-state index is -0.933. The highest BCUT2D eigenvalue weighted by Gasteiger charge is 2.42. The molecule has 0 radical (unpaired) electrons. The van der Waals surface area contributed by atoms with Crippen molar-refractivity contribution in [2.75, 3.05) is 20.8 Å². The van der Waals surface area contributed by atoms with Crippen molar-refractivity contribution >= 4 is 11.9 Å². The van der Waals surface area contributed by atoms with E-state index in [0.29, 0.717) is 5.56 Å². The Bertz CT molecular complexity index is 517. The van der Waals surface area contributed by atoms with Crippen LogP contribution in [-0.4, -0.2) is 32.6 Å². The molecule has 0 bridgehead atoms. The van der Waals surface area contributed by atoms with Crippen molar-refractivity contribution in [3.05, 3.63) is 29.6 Å². The molecule has 102 valence electrons. The molecule has 1 fully saturated rings. The van der Waals surface area contributed by atoms with E-state index in [-0.39, 0.29) is 12.3 Å². The van der Waals surface area contributed by atoms with Gasteiger partial charge in [-0.2, -0.15) is 0 Å². The smallest absolute Gasteiger partial charge is 0.318 e. The number of nitrogens with one attached hydrogen (secondary N) is 1. The van der Waals surface area contributed by atoms with Gasteiger partial charge in [0, 0.05) is 12.5 Å². The Balaban J connectivity index is 2.32. The standard InChI is InChI=1S/C13H14FNO4/c1-18-10-4-3-7(5-9(10)14)8-6-15-12(16)11(8)13(17)19-2/h3-5,8,11H,6H2,1-2H3,(H,15,16)/t8-,11-/m0/s1. The van der Waals surface area contributed by atoms with Crippen LogP contribution in [-0.2, 0) is 14.3 Å². The fourth-order valence-corrected chi connectivity index (χ4v) is 2.24. The van der Waals surface area contributed by atoms with Crippen molar-refractivity contribution in [3.8, 4) is 5.75 Å². The summed E-state index contributed by atoms with van der Waals surface area (Å²) in [4.78, 5) is 23.3. The molecule has 6 heteroatoms. The summed E-state index contributed by atoms with van der Waals surface area (Å²) in [5.74, 6) is -2.78. The Kier molecular flexibility index (Phi) is 3.69. The van der Waals surface area contributed by atoms with Crippen molar-refractivity contribution in [1.29, 1.82) is 0 Å². The number of amides is 1. The van der Waals surface area contributed by atoms with Gasteiger partial charge in [0.15, 0.2) is 11.6 Å². The summed E-state index contributed by atoms with van der Waals surface area (Å²) in [6.07, 6.45) is 0. The van der Waals surface area contributed by atoms with Gasteiger partial charge in [0.1, 0.15) is 5.92 Å². The number of methoxy groups -OCH3 is 2. The van der Waals surface area contributed by atoms with Gasteiger partial charge in [-0.1, -0.05) is 6.07 Å². The topological polar surface area (TPSA) is 64.6 Å². The molecule has 0 unspecified atom stereocenters. The van der Waals surface area contributed by atoms with Gasteiger partial charge in [-0.05, 0) is 17.7 Å². The van der Waals surface area contributed by atoms with Gasteiger partial charge in [0.25, 0.3) is 0 Å². The zero-order valence-corrected chi connectivity index (χ0v) is 10.6. The first-order valence-electron chi connectivity index (χ1n) is 5.77. The van der Waals surface area contributed by atoms with Crippen LogP contribution in [0.3, 0.4) is 0 Å². The molecule has 5 nitrogen and oxygen atoms in total. The minimum absolute atomic E-state index is 0.121. The molecule has 1 aliphatic heterocycles. The second-order valence-corrected chi connectivity index (χ2v) is 4.25. The first-order valence-corrected chi connectivity index (χ1v) is 5.77. The Morgan fingerprint density at radius 3 is 2.74 bits per heavy atom. The van der Waals surface area contributed by atoms with E-state index in [1.807, 2.05) is 0 Å². The van der Waals surface area contributed by atoms with Crippen LogP contribution in [0.2, 0.25) is 0 Å².